The average Bonchev–Trinajstić information content (AvgIpc) is 2.82. The van der Waals surface area contributed by atoms with Gasteiger partial charge in [0.2, 0.25) is 0 Å². The molecule has 0 spiro atoms. The topological polar surface area (TPSA) is 70.7 Å². The van der Waals surface area contributed by atoms with Crippen LogP contribution >= 0.6 is 15.9 Å². The highest BCUT2D eigenvalue weighted by molar-refractivity contribution is 9.10. The van der Waals surface area contributed by atoms with Crippen molar-refractivity contribution in [2.45, 2.75) is 6.92 Å². The van der Waals surface area contributed by atoms with Crippen molar-refractivity contribution in [2.75, 3.05) is 6.54 Å². The molecule has 0 bridgehead atoms. The number of aromatic nitrogens is 2. The van der Waals surface area contributed by atoms with Crippen LogP contribution in [-0.2, 0) is 0 Å². The fourth-order valence-corrected chi connectivity index (χ4v) is 2.07. The van der Waals surface area contributed by atoms with E-state index in [-0.39, 0.29) is 17.2 Å². The lowest BCUT2D eigenvalue weighted by Gasteiger charge is -2.04. The van der Waals surface area contributed by atoms with E-state index in [1.54, 1.807) is 0 Å². The van der Waals surface area contributed by atoms with E-state index in [9.17, 15) is 10.1 Å². The molecule has 1 amide bonds. The molecule has 2 aromatic rings. The Labute approximate surface area is 119 Å². The van der Waals surface area contributed by atoms with Gasteiger partial charge >= 0.3 is 0 Å². The van der Waals surface area contributed by atoms with E-state index in [1.807, 2.05) is 37.3 Å². The molecule has 1 aromatic heterocycles. The standard InChI is InChI=1S/C13H11BrN4O/c1-2-16-13(19)11-8-17-18(12(11)7-15)10-5-3-4-9(14)6-10/h3-6,8H,2H2,1H3,(H,16,19). The first-order chi connectivity index (χ1) is 9.17. The van der Waals surface area contributed by atoms with Crippen LogP contribution in [-0.4, -0.2) is 22.2 Å². The van der Waals surface area contributed by atoms with Gasteiger partial charge in [-0.2, -0.15) is 10.4 Å². The summed E-state index contributed by atoms with van der Waals surface area (Å²) in [6.45, 7) is 2.33. The zero-order valence-electron chi connectivity index (χ0n) is 10.2. The summed E-state index contributed by atoms with van der Waals surface area (Å²) in [6.07, 6.45) is 1.41. The normalized spacial score (nSPS) is 9.95. The van der Waals surface area contributed by atoms with Gasteiger partial charge in [0.1, 0.15) is 6.07 Å². The number of benzene rings is 1. The Morgan fingerprint density at radius 1 is 1.58 bits per heavy atom. The molecule has 5 nitrogen and oxygen atoms in total. The zero-order valence-corrected chi connectivity index (χ0v) is 11.8. The van der Waals surface area contributed by atoms with Gasteiger partial charge in [0.25, 0.3) is 5.91 Å². The van der Waals surface area contributed by atoms with Crippen molar-refractivity contribution in [1.29, 1.82) is 5.26 Å². The molecular weight excluding hydrogens is 308 g/mol. The zero-order chi connectivity index (χ0) is 13.8. The molecule has 6 heteroatoms. The van der Waals surface area contributed by atoms with Gasteiger partial charge < -0.3 is 5.32 Å². The van der Waals surface area contributed by atoms with E-state index in [0.717, 1.165) is 10.2 Å². The SMILES string of the molecule is CCNC(=O)c1cnn(-c2cccc(Br)c2)c1C#N. The van der Waals surface area contributed by atoms with Crippen LogP contribution in [0.2, 0.25) is 0 Å². The molecule has 0 saturated heterocycles. The summed E-state index contributed by atoms with van der Waals surface area (Å²) in [6, 6.07) is 9.39. The summed E-state index contributed by atoms with van der Waals surface area (Å²) in [7, 11) is 0. The van der Waals surface area contributed by atoms with Crippen molar-refractivity contribution in [3.05, 3.63) is 46.2 Å². The molecule has 0 atom stereocenters. The third kappa shape index (κ3) is 2.66. The Morgan fingerprint density at radius 2 is 2.37 bits per heavy atom. The average molecular weight is 319 g/mol. The minimum atomic E-state index is -0.291. The van der Waals surface area contributed by atoms with Crippen molar-refractivity contribution in [3.63, 3.8) is 0 Å². The van der Waals surface area contributed by atoms with E-state index in [1.165, 1.54) is 10.9 Å². The number of nitriles is 1. The summed E-state index contributed by atoms with van der Waals surface area (Å²) in [5, 5.41) is 16.0. The molecule has 0 aliphatic rings. The van der Waals surface area contributed by atoms with Crippen molar-refractivity contribution in [1.82, 2.24) is 15.1 Å². The minimum absolute atomic E-state index is 0.226. The van der Waals surface area contributed by atoms with Crippen molar-refractivity contribution >= 4 is 21.8 Å². The maximum Gasteiger partial charge on any atom is 0.255 e. The maximum absolute atomic E-state index is 11.8. The number of rotatable bonds is 3. The smallest absolute Gasteiger partial charge is 0.255 e. The number of nitrogens with zero attached hydrogens (tertiary/aromatic N) is 3. The third-order valence-corrected chi connectivity index (χ3v) is 3.00. The van der Waals surface area contributed by atoms with Gasteiger partial charge in [-0.3, -0.25) is 4.79 Å². The van der Waals surface area contributed by atoms with Crippen LogP contribution in [0.1, 0.15) is 23.0 Å². The Morgan fingerprint density at radius 3 is 3.00 bits per heavy atom. The van der Waals surface area contributed by atoms with E-state index < -0.39 is 0 Å². The lowest BCUT2D eigenvalue weighted by molar-refractivity contribution is 0.0955. The van der Waals surface area contributed by atoms with Gasteiger partial charge in [0.15, 0.2) is 5.69 Å². The van der Waals surface area contributed by atoms with E-state index >= 15 is 0 Å². The molecule has 1 heterocycles. The molecule has 0 fully saturated rings. The fraction of sp³-hybridized carbons (Fsp3) is 0.154. The summed E-state index contributed by atoms with van der Waals surface area (Å²) < 4.78 is 2.33. The lowest BCUT2D eigenvalue weighted by atomic mass is 10.2. The number of amides is 1. The highest BCUT2D eigenvalue weighted by Crippen LogP contribution is 2.18. The first kappa shape index (κ1) is 13.3. The van der Waals surface area contributed by atoms with Crippen LogP contribution in [0.25, 0.3) is 5.69 Å². The molecule has 0 unspecified atom stereocenters. The Kier molecular flexibility index (Phi) is 3.97. The van der Waals surface area contributed by atoms with Crippen LogP contribution in [0.5, 0.6) is 0 Å². The van der Waals surface area contributed by atoms with E-state index in [2.05, 4.69) is 26.3 Å². The van der Waals surface area contributed by atoms with Gasteiger partial charge in [-0.15, -0.1) is 0 Å². The lowest BCUT2D eigenvalue weighted by Crippen LogP contribution is -2.23. The third-order valence-electron chi connectivity index (χ3n) is 2.51. The van der Waals surface area contributed by atoms with Crippen molar-refractivity contribution in [3.8, 4) is 11.8 Å². The first-order valence-electron chi connectivity index (χ1n) is 5.69. The number of carbonyl (C=O) groups is 1. The molecule has 0 radical (unpaired) electrons. The highest BCUT2D eigenvalue weighted by atomic mass is 79.9. The Hall–Kier alpha value is -2.13. The van der Waals surface area contributed by atoms with Gasteiger partial charge in [-0.05, 0) is 25.1 Å². The van der Waals surface area contributed by atoms with Crippen LogP contribution in [0.3, 0.4) is 0 Å². The monoisotopic (exact) mass is 318 g/mol. The van der Waals surface area contributed by atoms with Crippen LogP contribution in [0, 0.1) is 11.3 Å². The predicted molar refractivity (Wildman–Crippen MR) is 74.0 cm³/mol. The van der Waals surface area contributed by atoms with E-state index in [0.29, 0.717) is 6.54 Å². The fourth-order valence-electron chi connectivity index (χ4n) is 1.68. The molecular formula is C13H11BrN4O. The minimum Gasteiger partial charge on any atom is -0.352 e. The van der Waals surface area contributed by atoms with Crippen LogP contribution in [0.15, 0.2) is 34.9 Å². The predicted octanol–water partition coefficient (Wildman–Crippen LogP) is 2.26. The van der Waals surface area contributed by atoms with Gasteiger partial charge in [0.05, 0.1) is 17.4 Å². The van der Waals surface area contributed by atoms with Gasteiger partial charge in [0, 0.05) is 11.0 Å². The van der Waals surface area contributed by atoms with Crippen molar-refractivity contribution < 1.29 is 4.79 Å². The van der Waals surface area contributed by atoms with Gasteiger partial charge in [-0.1, -0.05) is 22.0 Å². The van der Waals surface area contributed by atoms with Crippen molar-refractivity contribution in [2.24, 2.45) is 0 Å². The molecule has 1 N–H and O–H groups in total. The summed E-state index contributed by atoms with van der Waals surface area (Å²) in [4.78, 5) is 11.8. The molecule has 2 rings (SSSR count). The molecule has 1 aromatic carbocycles. The van der Waals surface area contributed by atoms with Crippen LogP contribution < -0.4 is 5.32 Å². The maximum atomic E-state index is 11.8. The molecule has 19 heavy (non-hydrogen) atoms. The molecule has 96 valence electrons. The Bertz CT molecular complexity index is 657. The summed E-state index contributed by atoms with van der Waals surface area (Å²) >= 11 is 3.36. The highest BCUT2D eigenvalue weighted by Gasteiger charge is 2.17. The largest absolute Gasteiger partial charge is 0.352 e. The number of hydrogen-bond donors (Lipinski definition) is 1. The number of halogens is 1. The summed E-state index contributed by atoms with van der Waals surface area (Å²) in [5.74, 6) is -0.291. The second-order valence-corrected chi connectivity index (χ2v) is 4.69. The van der Waals surface area contributed by atoms with E-state index in [4.69, 9.17) is 0 Å². The summed E-state index contributed by atoms with van der Waals surface area (Å²) in [5.41, 5.74) is 1.23. The quantitative estimate of drug-likeness (QED) is 0.943. The second kappa shape index (κ2) is 5.67. The Balaban J connectivity index is 2.49. The second-order valence-electron chi connectivity index (χ2n) is 3.77. The number of carbonyl (C=O) groups excluding carboxylic acids is 1. The molecule has 0 saturated carbocycles. The molecule has 0 aliphatic carbocycles. The number of nitrogens with one attached hydrogen (secondary N) is 1. The first-order valence-corrected chi connectivity index (χ1v) is 6.49. The number of hydrogen-bond acceptors (Lipinski definition) is 3. The molecule has 0 aliphatic heterocycles. The van der Waals surface area contributed by atoms with Gasteiger partial charge in [-0.25, -0.2) is 4.68 Å². The van der Waals surface area contributed by atoms with Crippen LogP contribution in [0.4, 0.5) is 0 Å².